The highest BCUT2D eigenvalue weighted by molar-refractivity contribution is 6.38. The second-order valence-corrected chi connectivity index (χ2v) is 9.69. The standard InChI is InChI=1S/C28H11ClF12N2/c29-21-11-20-18(12-5-14(25(30,31)32)9-15(6-12)26(33,34)35)1-3-42-23(20)24-22(21)19(2-4-43-24)13-7-16(27(36,37)38)10-17(8-13)28(39,40)41/h1-11H. The molecule has 2 heterocycles. The molecule has 5 rings (SSSR count). The smallest absolute Gasteiger partial charge is 0.254 e. The largest absolute Gasteiger partial charge is 0.416 e. The summed E-state index contributed by atoms with van der Waals surface area (Å²) in [6.45, 7) is 0. The Labute approximate surface area is 237 Å². The highest BCUT2D eigenvalue weighted by Gasteiger charge is 2.38. The van der Waals surface area contributed by atoms with Gasteiger partial charge in [0.2, 0.25) is 0 Å². The molecule has 0 spiro atoms. The molecular formula is C28H11ClF12N2. The number of aromatic nitrogens is 2. The monoisotopic (exact) mass is 638 g/mol. The zero-order chi connectivity index (χ0) is 31.7. The van der Waals surface area contributed by atoms with Crippen LogP contribution in [0.1, 0.15) is 22.3 Å². The van der Waals surface area contributed by atoms with E-state index in [4.69, 9.17) is 11.6 Å². The van der Waals surface area contributed by atoms with Crippen molar-refractivity contribution in [2.45, 2.75) is 24.7 Å². The average molecular weight is 639 g/mol. The fourth-order valence-corrected chi connectivity index (χ4v) is 4.90. The Kier molecular flexibility index (Phi) is 7.07. The molecule has 0 saturated carbocycles. The maximum Gasteiger partial charge on any atom is 0.416 e. The fourth-order valence-electron chi connectivity index (χ4n) is 4.60. The molecule has 43 heavy (non-hydrogen) atoms. The van der Waals surface area contributed by atoms with Gasteiger partial charge in [0, 0.05) is 23.2 Å². The minimum atomic E-state index is -5.15. The van der Waals surface area contributed by atoms with Crippen molar-refractivity contribution >= 4 is 33.4 Å². The molecule has 224 valence electrons. The summed E-state index contributed by atoms with van der Waals surface area (Å²) < 4.78 is 162. The number of pyridine rings is 2. The fraction of sp³-hybridized carbons (Fsp3) is 0.143. The van der Waals surface area contributed by atoms with Gasteiger partial charge in [0.05, 0.1) is 38.3 Å². The van der Waals surface area contributed by atoms with Crippen LogP contribution in [0.5, 0.6) is 0 Å². The Morgan fingerprint density at radius 2 is 0.837 bits per heavy atom. The van der Waals surface area contributed by atoms with Crippen molar-refractivity contribution in [3.8, 4) is 22.3 Å². The summed E-state index contributed by atoms with van der Waals surface area (Å²) in [6, 6.07) is 5.19. The van der Waals surface area contributed by atoms with Crippen molar-refractivity contribution in [2.24, 2.45) is 0 Å². The normalized spacial score (nSPS) is 13.2. The van der Waals surface area contributed by atoms with Gasteiger partial charge in [-0.1, -0.05) is 11.6 Å². The van der Waals surface area contributed by atoms with Gasteiger partial charge < -0.3 is 0 Å². The Hall–Kier alpha value is -4.07. The van der Waals surface area contributed by atoms with Crippen molar-refractivity contribution in [2.75, 3.05) is 0 Å². The van der Waals surface area contributed by atoms with Crippen LogP contribution in [0.4, 0.5) is 52.7 Å². The van der Waals surface area contributed by atoms with Crippen LogP contribution in [0.2, 0.25) is 5.02 Å². The lowest BCUT2D eigenvalue weighted by Crippen LogP contribution is -2.11. The summed E-state index contributed by atoms with van der Waals surface area (Å²) in [5, 5.41) is -0.528. The third-order valence-corrected chi connectivity index (χ3v) is 6.77. The summed E-state index contributed by atoms with van der Waals surface area (Å²) in [4.78, 5) is 8.20. The first-order valence-corrected chi connectivity index (χ1v) is 12.1. The second-order valence-electron chi connectivity index (χ2n) is 9.28. The molecule has 0 bridgehead atoms. The maximum absolute atomic E-state index is 13.5. The van der Waals surface area contributed by atoms with Crippen LogP contribution in [0.3, 0.4) is 0 Å². The van der Waals surface area contributed by atoms with Gasteiger partial charge in [-0.15, -0.1) is 0 Å². The van der Waals surface area contributed by atoms with Gasteiger partial charge in [0.1, 0.15) is 0 Å². The van der Waals surface area contributed by atoms with E-state index in [1.54, 1.807) is 0 Å². The van der Waals surface area contributed by atoms with Crippen molar-refractivity contribution in [1.29, 1.82) is 0 Å². The minimum Gasteiger partial charge on any atom is -0.254 e. The van der Waals surface area contributed by atoms with E-state index in [9.17, 15) is 52.7 Å². The SMILES string of the molecule is FC(F)(F)c1cc(-c2ccnc3c2cc(Cl)c2c(-c4cc(C(F)(F)F)cc(C(F)(F)F)c4)ccnc23)cc(C(F)(F)F)c1. The van der Waals surface area contributed by atoms with Crippen LogP contribution < -0.4 is 0 Å². The van der Waals surface area contributed by atoms with E-state index in [0.717, 1.165) is 30.6 Å². The number of rotatable bonds is 2. The molecule has 0 aliphatic rings. The highest BCUT2D eigenvalue weighted by atomic mass is 35.5. The van der Waals surface area contributed by atoms with Gasteiger partial charge in [0.15, 0.2) is 0 Å². The predicted molar refractivity (Wildman–Crippen MR) is 133 cm³/mol. The average Bonchev–Trinajstić information content (AvgIpc) is 2.90. The number of benzene rings is 3. The zero-order valence-corrected chi connectivity index (χ0v) is 21.4. The summed E-state index contributed by atoms with van der Waals surface area (Å²) in [5.41, 5.74) is -8.07. The molecule has 0 aliphatic carbocycles. The van der Waals surface area contributed by atoms with E-state index in [-0.39, 0.29) is 50.1 Å². The first-order chi connectivity index (χ1) is 19.7. The van der Waals surface area contributed by atoms with Gasteiger partial charge in [-0.25, -0.2) is 0 Å². The highest BCUT2D eigenvalue weighted by Crippen LogP contribution is 2.44. The van der Waals surface area contributed by atoms with E-state index in [2.05, 4.69) is 9.97 Å². The third kappa shape index (κ3) is 5.79. The Balaban J connectivity index is 1.81. The van der Waals surface area contributed by atoms with Crippen molar-refractivity contribution in [3.05, 3.63) is 94.3 Å². The number of hydrogen-bond acceptors (Lipinski definition) is 2. The zero-order valence-electron chi connectivity index (χ0n) is 20.7. The Morgan fingerprint density at radius 1 is 0.465 bits per heavy atom. The lowest BCUT2D eigenvalue weighted by atomic mass is 9.93. The van der Waals surface area contributed by atoms with Crippen LogP contribution in [-0.2, 0) is 24.7 Å². The van der Waals surface area contributed by atoms with E-state index < -0.39 is 58.1 Å². The topological polar surface area (TPSA) is 25.8 Å². The van der Waals surface area contributed by atoms with Crippen LogP contribution in [-0.4, -0.2) is 9.97 Å². The van der Waals surface area contributed by atoms with Crippen LogP contribution in [0, 0.1) is 0 Å². The van der Waals surface area contributed by atoms with Gasteiger partial charge in [0.25, 0.3) is 0 Å². The molecule has 5 aromatic rings. The second kappa shape index (κ2) is 10.00. The van der Waals surface area contributed by atoms with Gasteiger partial charge >= 0.3 is 24.7 Å². The summed E-state index contributed by atoms with van der Waals surface area (Å²) in [6.07, 6.45) is -18.5. The summed E-state index contributed by atoms with van der Waals surface area (Å²) in [5.74, 6) is 0. The van der Waals surface area contributed by atoms with Gasteiger partial charge in [-0.2, -0.15) is 52.7 Å². The molecule has 0 atom stereocenters. The number of hydrogen-bond donors (Lipinski definition) is 0. The first kappa shape index (κ1) is 30.4. The lowest BCUT2D eigenvalue weighted by Gasteiger charge is -2.17. The van der Waals surface area contributed by atoms with E-state index in [0.29, 0.717) is 24.3 Å². The Bertz CT molecular complexity index is 1820. The van der Waals surface area contributed by atoms with Crippen LogP contribution in [0.25, 0.3) is 44.1 Å². The molecule has 0 amide bonds. The lowest BCUT2D eigenvalue weighted by molar-refractivity contribution is -0.144. The number of fused-ring (bicyclic) bond motifs is 3. The molecule has 0 fully saturated rings. The van der Waals surface area contributed by atoms with E-state index >= 15 is 0 Å². The van der Waals surface area contributed by atoms with Crippen molar-refractivity contribution in [3.63, 3.8) is 0 Å². The van der Waals surface area contributed by atoms with Crippen molar-refractivity contribution in [1.82, 2.24) is 9.97 Å². The van der Waals surface area contributed by atoms with Crippen molar-refractivity contribution < 1.29 is 52.7 Å². The molecule has 0 unspecified atom stereocenters. The number of nitrogens with zero attached hydrogens (tertiary/aromatic N) is 2. The molecule has 0 radical (unpaired) electrons. The van der Waals surface area contributed by atoms with Crippen LogP contribution >= 0.6 is 11.6 Å². The van der Waals surface area contributed by atoms with Crippen LogP contribution in [0.15, 0.2) is 67.0 Å². The van der Waals surface area contributed by atoms with Gasteiger partial charge in [-0.3, -0.25) is 9.97 Å². The quantitative estimate of drug-likeness (QED) is 0.142. The molecule has 0 saturated heterocycles. The molecular weight excluding hydrogens is 628 g/mol. The number of alkyl halides is 12. The molecule has 0 N–H and O–H groups in total. The summed E-state index contributed by atoms with van der Waals surface area (Å²) in [7, 11) is 0. The molecule has 15 heteroatoms. The maximum atomic E-state index is 13.5. The van der Waals surface area contributed by atoms with Gasteiger partial charge in [-0.05, 0) is 76.9 Å². The minimum absolute atomic E-state index is 0.0483. The predicted octanol–water partition coefficient (Wildman–Crippen LogP) is 10.8. The molecule has 3 aromatic carbocycles. The van der Waals surface area contributed by atoms with E-state index in [1.165, 1.54) is 0 Å². The van der Waals surface area contributed by atoms with E-state index in [1.807, 2.05) is 0 Å². The Morgan fingerprint density at radius 3 is 1.26 bits per heavy atom. The molecule has 0 aliphatic heterocycles. The number of halogens is 13. The first-order valence-electron chi connectivity index (χ1n) is 11.7. The molecule has 2 nitrogen and oxygen atoms in total. The summed E-state index contributed by atoms with van der Waals surface area (Å²) >= 11 is 6.45. The molecule has 2 aromatic heterocycles. The third-order valence-electron chi connectivity index (χ3n) is 6.47.